The van der Waals surface area contributed by atoms with Crippen LogP contribution in [0.3, 0.4) is 0 Å². The van der Waals surface area contributed by atoms with Crippen LogP contribution < -0.4 is 4.74 Å². The number of ether oxygens (including phenoxy) is 1. The van der Waals surface area contributed by atoms with Gasteiger partial charge in [-0.1, -0.05) is 17.3 Å². The number of rotatable bonds is 5. The van der Waals surface area contributed by atoms with Gasteiger partial charge in [0.15, 0.2) is 5.76 Å². The second-order valence-electron chi connectivity index (χ2n) is 5.39. The normalized spacial score (nSPS) is 17.5. The molecule has 120 valence electrons. The monoisotopic (exact) mass is 316 g/mol. The summed E-state index contributed by atoms with van der Waals surface area (Å²) in [6.07, 6.45) is 0.0306. The number of carboxylic acid groups (broad SMARTS) is 1. The first-order valence-corrected chi connectivity index (χ1v) is 7.18. The van der Waals surface area contributed by atoms with Gasteiger partial charge in [0.1, 0.15) is 11.4 Å². The number of hydrogen-bond acceptors (Lipinski definition) is 5. The molecule has 2 aromatic rings. The molecular formula is C16H16N2O5. The lowest BCUT2D eigenvalue weighted by molar-refractivity contribution is -0.141. The molecule has 1 amide bonds. The van der Waals surface area contributed by atoms with E-state index in [1.54, 1.807) is 13.2 Å². The van der Waals surface area contributed by atoms with Crippen LogP contribution in [0.15, 0.2) is 34.9 Å². The first-order chi connectivity index (χ1) is 11.1. The molecule has 1 N–H and O–H groups in total. The maximum absolute atomic E-state index is 11.9. The number of amides is 1. The molecule has 1 atom stereocenters. The highest BCUT2D eigenvalue weighted by Crippen LogP contribution is 2.29. The van der Waals surface area contributed by atoms with E-state index < -0.39 is 11.9 Å². The van der Waals surface area contributed by atoms with Crippen molar-refractivity contribution >= 4 is 11.9 Å². The van der Waals surface area contributed by atoms with Crippen molar-refractivity contribution in [3.63, 3.8) is 0 Å². The zero-order valence-electron chi connectivity index (χ0n) is 12.6. The van der Waals surface area contributed by atoms with Crippen molar-refractivity contribution in [2.24, 2.45) is 5.92 Å². The van der Waals surface area contributed by atoms with Crippen LogP contribution in [0.1, 0.15) is 12.2 Å². The number of nitrogens with zero attached hydrogens (tertiary/aromatic N) is 2. The Labute approximate surface area is 132 Å². The Morgan fingerprint density at radius 1 is 1.48 bits per heavy atom. The lowest BCUT2D eigenvalue weighted by atomic mass is 10.1. The number of hydrogen-bond donors (Lipinski definition) is 1. The minimum atomic E-state index is -0.951. The van der Waals surface area contributed by atoms with Crippen molar-refractivity contribution in [3.8, 4) is 17.0 Å². The molecule has 1 saturated heterocycles. The Kier molecular flexibility index (Phi) is 4.01. The van der Waals surface area contributed by atoms with Crippen molar-refractivity contribution in [2.45, 2.75) is 13.0 Å². The van der Waals surface area contributed by atoms with Crippen molar-refractivity contribution < 1.29 is 24.0 Å². The number of methoxy groups -OCH3 is 1. The fraction of sp³-hybridized carbons (Fsp3) is 0.312. The van der Waals surface area contributed by atoms with Crippen LogP contribution in [-0.2, 0) is 16.1 Å². The van der Waals surface area contributed by atoms with Crippen LogP contribution in [0.4, 0.5) is 0 Å². The highest BCUT2D eigenvalue weighted by atomic mass is 16.5. The summed E-state index contributed by atoms with van der Waals surface area (Å²) >= 11 is 0. The van der Waals surface area contributed by atoms with E-state index in [4.69, 9.17) is 14.4 Å². The molecule has 0 spiro atoms. The van der Waals surface area contributed by atoms with E-state index in [1.165, 1.54) is 4.90 Å². The molecule has 7 heteroatoms. The van der Waals surface area contributed by atoms with Gasteiger partial charge in [0.25, 0.3) is 0 Å². The molecule has 0 saturated carbocycles. The molecule has 0 unspecified atom stereocenters. The summed E-state index contributed by atoms with van der Waals surface area (Å²) in [5.74, 6) is -0.610. The van der Waals surface area contributed by atoms with Gasteiger partial charge in [0.05, 0.1) is 19.6 Å². The summed E-state index contributed by atoms with van der Waals surface area (Å²) in [5.41, 5.74) is 1.40. The van der Waals surface area contributed by atoms with Gasteiger partial charge in [-0.3, -0.25) is 9.59 Å². The summed E-state index contributed by atoms with van der Waals surface area (Å²) in [4.78, 5) is 24.3. The van der Waals surface area contributed by atoms with Crippen molar-refractivity contribution in [1.29, 1.82) is 0 Å². The first-order valence-electron chi connectivity index (χ1n) is 7.18. The van der Waals surface area contributed by atoms with Gasteiger partial charge in [-0.15, -0.1) is 0 Å². The Morgan fingerprint density at radius 3 is 2.96 bits per heavy atom. The number of carbonyl (C=O) groups is 2. The van der Waals surface area contributed by atoms with Crippen LogP contribution in [0, 0.1) is 5.92 Å². The quantitative estimate of drug-likeness (QED) is 0.904. The molecule has 0 radical (unpaired) electrons. The fourth-order valence-electron chi connectivity index (χ4n) is 2.65. The Morgan fingerprint density at radius 2 is 2.26 bits per heavy atom. The zero-order chi connectivity index (χ0) is 16.4. The van der Waals surface area contributed by atoms with Crippen molar-refractivity contribution in [3.05, 3.63) is 36.1 Å². The Balaban J connectivity index is 1.75. The molecule has 23 heavy (non-hydrogen) atoms. The van der Waals surface area contributed by atoms with Crippen LogP contribution in [-0.4, -0.2) is 40.7 Å². The van der Waals surface area contributed by atoms with Gasteiger partial charge in [0.2, 0.25) is 5.91 Å². The van der Waals surface area contributed by atoms with E-state index in [-0.39, 0.29) is 25.4 Å². The second kappa shape index (κ2) is 6.12. The van der Waals surface area contributed by atoms with Gasteiger partial charge in [-0.05, 0) is 12.1 Å². The van der Waals surface area contributed by atoms with E-state index >= 15 is 0 Å². The van der Waals surface area contributed by atoms with Crippen LogP contribution >= 0.6 is 0 Å². The largest absolute Gasteiger partial charge is 0.496 e. The summed E-state index contributed by atoms with van der Waals surface area (Å²) in [6, 6.07) is 9.15. The lowest BCUT2D eigenvalue weighted by Gasteiger charge is -2.13. The maximum Gasteiger partial charge on any atom is 0.308 e. The smallest absolute Gasteiger partial charge is 0.308 e. The van der Waals surface area contributed by atoms with Crippen LogP contribution in [0.5, 0.6) is 5.75 Å². The molecule has 1 aliphatic rings. The zero-order valence-corrected chi connectivity index (χ0v) is 12.6. The average Bonchev–Trinajstić information content (AvgIpc) is 3.15. The third kappa shape index (κ3) is 3.03. The molecule has 1 aromatic heterocycles. The summed E-state index contributed by atoms with van der Waals surface area (Å²) < 4.78 is 10.6. The minimum Gasteiger partial charge on any atom is -0.496 e. The average molecular weight is 316 g/mol. The SMILES string of the molecule is COc1ccccc1-c1cc(CN2C[C@@H](C(=O)O)CC2=O)on1. The highest BCUT2D eigenvalue weighted by Gasteiger charge is 2.34. The molecule has 1 aliphatic heterocycles. The molecule has 1 fully saturated rings. The van der Waals surface area contributed by atoms with Crippen molar-refractivity contribution in [2.75, 3.05) is 13.7 Å². The van der Waals surface area contributed by atoms with Gasteiger partial charge in [-0.25, -0.2) is 0 Å². The number of aliphatic carboxylic acids is 1. The molecule has 0 aliphatic carbocycles. The molecule has 1 aromatic carbocycles. The summed E-state index contributed by atoms with van der Waals surface area (Å²) in [5, 5.41) is 13.0. The fourth-order valence-corrected chi connectivity index (χ4v) is 2.65. The van der Waals surface area contributed by atoms with Gasteiger partial charge in [-0.2, -0.15) is 0 Å². The predicted molar refractivity (Wildman–Crippen MR) is 79.7 cm³/mol. The summed E-state index contributed by atoms with van der Waals surface area (Å²) in [6.45, 7) is 0.406. The molecule has 3 rings (SSSR count). The highest BCUT2D eigenvalue weighted by molar-refractivity contribution is 5.86. The van der Waals surface area contributed by atoms with Gasteiger partial charge < -0.3 is 19.3 Å². The van der Waals surface area contributed by atoms with Gasteiger partial charge in [0, 0.05) is 24.6 Å². The van der Waals surface area contributed by atoms with E-state index in [0.717, 1.165) is 5.56 Å². The first kappa shape index (κ1) is 15.1. The summed E-state index contributed by atoms with van der Waals surface area (Å²) in [7, 11) is 1.58. The molecular weight excluding hydrogens is 300 g/mol. The molecule has 7 nitrogen and oxygen atoms in total. The van der Waals surface area contributed by atoms with Crippen molar-refractivity contribution in [1.82, 2.24) is 10.1 Å². The van der Waals surface area contributed by atoms with Gasteiger partial charge >= 0.3 is 5.97 Å². The van der Waals surface area contributed by atoms with E-state index in [2.05, 4.69) is 5.16 Å². The van der Waals surface area contributed by atoms with Crippen LogP contribution in [0.25, 0.3) is 11.3 Å². The number of likely N-dealkylation sites (tertiary alicyclic amines) is 1. The van der Waals surface area contributed by atoms with Crippen LogP contribution in [0.2, 0.25) is 0 Å². The Hall–Kier alpha value is -2.83. The van der Waals surface area contributed by atoms with E-state index in [0.29, 0.717) is 17.2 Å². The minimum absolute atomic E-state index is 0.0306. The number of benzene rings is 1. The molecule has 2 heterocycles. The number of para-hydroxylation sites is 1. The standard InChI is InChI=1S/C16H16N2O5/c1-22-14-5-3-2-4-12(14)13-7-11(23-17-13)9-18-8-10(16(20)21)6-15(18)19/h2-5,7,10H,6,8-9H2,1H3,(H,20,21)/t10-/m0/s1. The maximum atomic E-state index is 11.9. The predicted octanol–water partition coefficient (Wildman–Crippen LogP) is 1.78. The third-order valence-electron chi connectivity index (χ3n) is 3.85. The third-order valence-corrected chi connectivity index (χ3v) is 3.85. The lowest BCUT2D eigenvalue weighted by Crippen LogP contribution is -2.25. The number of carbonyl (C=O) groups excluding carboxylic acids is 1. The second-order valence-corrected chi connectivity index (χ2v) is 5.39. The van der Waals surface area contributed by atoms with E-state index in [9.17, 15) is 9.59 Å². The molecule has 0 bridgehead atoms. The number of carboxylic acids is 1. The number of aromatic nitrogens is 1. The Bertz CT molecular complexity index is 740. The van der Waals surface area contributed by atoms with E-state index in [1.807, 2.05) is 24.3 Å². The topological polar surface area (TPSA) is 92.9 Å².